The fourth-order valence-electron chi connectivity index (χ4n) is 2.15. The summed E-state index contributed by atoms with van der Waals surface area (Å²) in [6, 6.07) is 5.83. The third-order valence-corrected chi connectivity index (χ3v) is 3.15. The Kier molecular flexibility index (Phi) is 3.28. The number of nitrogens with zero attached hydrogens (tertiary/aromatic N) is 1. The van der Waals surface area contributed by atoms with Gasteiger partial charge in [-0.1, -0.05) is 12.1 Å². The lowest BCUT2D eigenvalue weighted by atomic mass is 9.88. The number of hydrogen-bond donors (Lipinski definition) is 2. The van der Waals surface area contributed by atoms with Gasteiger partial charge in [0.1, 0.15) is 5.82 Å². The molecular formula is C12H14FNO3. The molecule has 1 aliphatic heterocycles. The van der Waals surface area contributed by atoms with Crippen LogP contribution >= 0.6 is 0 Å². The molecule has 0 saturated carbocycles. The number of piperidine rings is 1. The van der Waals surface area contributed by atoms with Crippen LogP contribution in [0.2, 0.25) is 0 Å². The number of aliphatic hydroxyl groups excluding tert-OH is 1. The molecule has 4 nitrogen and oxygen atoms in total. The Labute approximate surface area is 98.3 Å². The van der Waals surface area contributed by atoms with E-state index in [1.807, 2.05) is 0 Å². The fraction of sp³-hybridized carbons (Fsp3) is 0.417. The summed E-state index contributed by atoms with van der Waals surface area (Å²) in [6.07, 6.45) is -1.14. The topological polar surface area (TPSA) is 60.8 Å². The van der Waals surface area contributed by atoms with Crippen molar-refractivity contribution in [2.24, 2.45) is 0 Å². The largest absolute Gasteiger partial charge is 0.465 e. The van der Waals surface area contributed by atoms with Crippen LogP contribution in [0.3, 0.4) is 0 Å². The predicted molar refractivity (Wildman–Crippen MR) is 59.4 cm³/mol. The maximum Gasteiger partial charge on any atom is 0.407 e. The Bertz CT molecular complexity index is 407. The lowest BCUT2D eigenvalue weighted by Gasteiger charge is -2.34. The van der Waals surface area contributed by atoms with Crippen LogP contribution in [0, 0.1) is 5.82 Å². The van der Waals surface area contributed by atoms with Crippen molar-refractivity contribution in [2.45, 2.75) is 18.4 Å². The second kappa shape index (κ2) is 4.71. The molecule has 1 aromatic carbocycles. The van der Waals surface area contributed by atoms with Gasteiger partial charge < -0.3 is 15.1 Å². The second-order valence-electron chi connectivity index (χ2n) is 4.24. The number of carboxylic acid groups (broad SMARTS) is 1. The Balaban J connectivity index is 2.17. The second-order valence-corrected chi connectivity index (χ2v) is 4.24. The molecule has 92 valence electrons. The van der Waals surface area contributed by atoms with Gasteiger partial charge in [0.25, 0.3) is 0 Å². The fourth-order valence-corrected chi connectivity index (χ4v) is 2.15. The molecule has 0 bridgehead atoms. The zero-order valence-electron chi connectivity index (χ0n) is 9.21. The van der Waals surface area contributed by atoms with Crippen LogP contribution in [-0.2, 0) is 0 Å². The van der Waals surface area contributed by atoms with Crippen LogP contribution in [0.4, 0.5) is 9.18 Å². The first-order valence-corrected chi connectivity index (χ1v) is 5.49. The zero-order valence-corrected chi connectivity index (χ0v) is 9.21. The van der Waals surface area contributed by atoms with Crippen LogP contribution in [-0.4, -0.2) is 40.4 Å². The summed E-state index contributed by atoms with van der Waals surface area (Å²) in [5.74, 6) is -0.616. The molecule has 1 aromatic rings. The third kappa shape index (κ3) is 2.55. The van der Waals surface area contributed by atoms with Crippen LogP contribution < -0.4 is 0 Å². The lowest BCUT2D eigenvalue weighted by molar-refractivity contribution is 0.0586. The first-order chi connectivity index (χ1) is 8.08. The van der Waals surface area contributed by atoms with Crippen molar-refractivity contribution in [3.05, 3.63) is 35.6 Å². The van der Waals surface area contributed by atoms with Crippen molar-refractivity contribution < 1.29 is 19.4 Å². The molecule has 17 heavy (non-hydrogen) atoms. The van der Waals surface area contributed by atoms with Crippen LogP contribution in [0.5, 0.6) is 0 Å². The Morgan fingerprint density at radius 3 is 2.59 bits per heavy atom. The van der Waals surface area contributed by atoms with E-state index in [-0.39, 0.29) is 18.3 Å². The molecule has 1 aliphatic rings. The molecule has 0 spiro atoms. The van der Waals surface area contributed by atoms with E-state index in [2.05, 4.69) is 0 Å². The highest BCUT2D eigenvalue weighted by Crippen LogP contribution is 2.27. The number of rotatable bonds is 1. The molecule has 1 fully saturated rings. The molecule has 1 amide bonds. The van der Waals surface area contributed by atoms with Gasteiger partial charge >= 0.3 is 6.09 Å². The van der Waals surface area contributed by atoms with E-state index in [0.29, 0.717) is 13.0 Å². The van der Waals surface area contributed by atoms with Gasteiger partial charge in [0, 0.05) is 19.0 Å². The summed E-state index contributed by atoms with van der Waals surface area (Å²) in [5, 5.41) is 18.8. The molecule has 0 aliphatic carbocycles. The average Bonchev–Trinajstić information content (AvgIpc) is 2.31. The highest BCUT2D eigenvalue weighted by molar-refractivity contribution is 5.65. The normalized spacial score (nSPS) is 24.7. The third-order valence-electron chi connectivity index (χ3n) is 3.15. The number of hydrogen-bond acceptors (Lipinski definition) is 2. The molecule has 2 N–H and O–H groups in total. The van der Waals surface area contributed by atoms with Gasteiger partial charge in [-0.05, 0) is 24.1 Å². The number of benzene rings is 1. The first kappa shape index (κ1) is 11.9. The molecule has 1 heterocycles. The lowest BCUT2D eigenvalue weighted by Crippen LogP contribution is -2.44. The number of likely N-dealkylation sites (tertiary alicyclic amines) is 1. The summed E-state index contributed by atoms with van der Waals surface area (Å²) in [6.45, 7) is 0.594. The van der Waals surface area contributed by atoms with Gasteiger partial charge in [-0.2, -0.15) is 0 Å². The predicted octanol–water partition coefficient (Wildman–Crippen LogP) is 1.65. The van der Waals surface area contributed by atoms with Crippen molar-refractivity contribution in [2.75, 3.05) is 13.1 Å². The minimum atomic E-state index is -0.982. The summed E-state index contributed by atoms with van der Waals surface area (Å²) < 4.78 is 12.8. The molecule has 2 atom stereocenters. The maximum absolute atomic E-state index is 12.8. The van der Waals surface area contributed by atoms with Crippen molar-refractivity contribution in [3.8, 4) is 0 Å². The monoisotopic (exact) mass is 239 g/mol. The first-order valence-electron chi connectivity index (χ1n) is 5.49. The van der Waals surface area contributed by atoms with E-state index in [1.54, 1.807) is 12.1 Å². The van der Waals surface area contributed by atoms with Gasteiger partial charge in [0.05, 0.1) is 6.10 Å². The number of carbonyl (C=O) groups is 1. The van der Waals surface area contributed by atoms with Crippen molar-refractivity contribution in [1.82, 2.24) is 4.90 Å². The Hall–Kier alpha value is -1.62. The summed E-state index contributed by atoms with van der Waals surface area (Å²) in [5.41, 5.74) is 0.768. The smallest absolute Gasteiger partial charge is 0.407 e. The molecule has 5 heteroatoms. The number of amides is 1. The van der Waals surface area contributed by atoms with E-state index >= 15 is 0 Å². The van der Waals surface area contributed by atoms with Gasteiger partial charge in [0.15, 0.2) is 0 Å². The van der Waals surface area contributed by atoms with Crippen molar-refractivity contribution in [1.29, 1.82) is 0 Å². The molecule has 2 rings (SSSR count). The highest BCUT2D eigenvalue weighted by atomic mass is 19.1. The molecule has 1 saturated heterocycles. The molecule has 0 aromatic heterocycles. The Morgan fingerprint density at radius 2 is 2.00 bits per heavy atom. The molecule has 2 unspecified atom stereocenters. The SMILES string of the molecule is O=C(O)N1CCC(O)C(c2ccc(F)cc2)C1. The van der Waals surface area contributed by atoms with E-state index in [1.165, 1.54) is 17.0 Å². The number of halogens is 1. The van der Waals surface area contributed by atoms with Gasteiger partial charge in [-0.15, -0.1) is 0 Å². The highest BCUT2D eigenvalue weighted by Gasteiger charge is 2.31. The molecular weight excluding hydrogens is 225 g/mol. The minimum Gasteiger partial charge on any atom is -0.465 e. The van der Waals surface area contributed by atoms with Gasteiger partial charge in [0.2, 0.25) is 0 Å². The standard InChI is InChI=1S/C12H14FNO3/c13-9-3-1-8(2-4-9)10-7-14(12(16)17)6-5-11(10)15/h1-4,10-11,15H,5-7H2,(H,16,17). The zero-order chi connectivity index (χ0) is 12.4. The summed E-state index contributed by atoms with van der Waals surface area (Å²) in [4.78, 5) is 12.2. The van der Waals surface area contributed by atoms with E-state index in [9.17, 15) is 14.3 Å². The van der Waals surface area contributed by atoms with Crippen LogP contribution in [0.15, 0.2) is 24.3 Å². The van der Waals surface area contributed by atoms with Crippen molar-refractivity contribution >= 4 is 6.09 Å². The number of aliphatic hydroxyl groups is 1. The van der Waals surface area contributed by atoms with Gasteiger partial charge in [-0.25, -0.2) is 9.18 Å². The minimum absolute atomic E-state index is 0.252. The van der Waals surface area contributed by atoms with Crippen LogP contribution in [0.1, 0.15) is 17.9 Å². The average molecular weight is 239 g/mol. The van der Waals surface area contributed by atoms with E-state index < -0.39 is 12.2 Å². The summed E-state index contributed by atoms with van der Waals surface area (Å²) in [7, 11) is 0. The maximum atomic E-state index is 12.8. The Morgan fingerprint density at radius 1 is 1.35 bits per heavy atom. The quantitative estimate of drug-likeness (QED) is 0.783. The van der Waals surface area contributed by atoms with Crippen molar-refractivity contribution in [3.63, 3.8) is 0 Å². The summed E-state index contributed by atoms with van der Waals surface area (Å²) >= 11 is 0. The van der Waals surface area contributed by atoms with E-state index in [0.717, 1.165) is 5.56 Å². The molecule has 0 radical (unpaired) electrons. The van der Waals surface area contributed by atoms with E-state index in [4.69, 9.17) is 5.11 Å². The van der Waals surface area contributed by atoms with Crippen LogP contribution in [0.25, 0.3) is 0 Å². The van der Waals surface area contributed by atoms with Gasteiger partial charge in [-0.3, -0.25) is 0 Å².